The van der Waals surface area contributed by atoms with Crippen LogP contribution in [0.1, 0.15) is 35.6 Å². The fourth-order valence-corrected chi connectivity index (χ4v) is 3.25. The van der Waals surface area contributed by atoms with Crippen molar-refractivity contribution in [2.45, 2.75) is 31.6 Å². The summed E-state index contributed by atoms with van der Waals surface area (Å²) in [5, 5.41) is 7.30. The lowest BCUT2D eigenvalue weighted by Gasteiger charge is -2.26. The number of hydrogen-bond acceptors (Lipinski definition) is 3. The fraction of sp³-hybridized carbons (Fsp3) is 0.444. The van der Waals surface area contributed by atoms with E-state index >= 15 is 0 Å². The maximum absolute atomic E-state index is 12.1. The molecule has 0 unspecified atom stereocenters. The molecule has 1 aliphatic carbocycles. The molecular weight excluding hydrogens is 290 g/mol. The number of methoxy groups -OCH3 is 1. The molecule has 0 fully saturated rings. The van der Waals surface area contributed by atoms with Gasteiger partial charge in [-0.2, -0.15) is 5.10 Å². The zero-order valence-corrected chi connectivity index (χ0v) is 13.7. The Morgan fingerprint density at radius 1 is 1.43 bits per heavy atom. The van der Waals surface area contributed by atoms with Gasteiger partial charge in [0.2, 0.25) is 5.91 Å². The van der Waals surface area contributed by atoms with Crippen LogP contribution in [0.3, 0.4) is 0 Å². The zero-order valence-electron chi connectivity index (χ0n) is 13.7. The molecule has 5 nitrogen and oxygen atoms in total. The fourth-order valence-electron chi connectivity index (χ4n) is 3.25. The molecule has 1 amide bonds. The first-order chi connectivity index (χ1) is 11.2. The first-order valence-corrected chi connectivity index (χ1v) is 8.07. The number of benzene rings is 1. The maximum Gasteiger partial charge on any atom is 0.226 e. The lowest BCUT2D eigenvalue weighted by atomic mass is 9.82. The number of carbonyl (C=O) groups excluding carboxylic acids is 1. The van der Waals surface area contributed by atoms with Crippen LogP contribution in [0.4, 0.5) is 0 Å². The van der Waals surface area contributed by atoms with Gasteiger partial charge in [-0.15, -0.1) is 0 Å². The van der Waals surface area contributed by atoms with Gasteiger partial charge in [-0.25, -0.2) is 0 Å². The second-order valence-electron chi connectivity index (χ2n) is 6.12. The van der Waals surface area contributed by atoms with Crippen LogP contribution in [0.5, 0.6) is 5.75 Å². The molecular formula is C18H23N3O2. The number of fused-ring (bicyclic) bond motifs is 1. The monoisotopic (exact) mass is 313 g/mol. The Bertz CT molecular complexity index is 693. The van der Waals surface area contributed by atoms with Crippen LogP contribution in [0.2, 0.25) is 0 Å². The van der Waals surface area contributed by atoms with Crippen LogP contribution >= 0.6 is 0 Å². The summed E-state index contributed by atoms with van der Waals surface area (Å²) >= 11 is 0. The molecule has 122 valence electrons. The van der Waals surface area contributed by atoms with Crippen molar-refractivity contribution in [2.75, 3.05) is 13.7 Å². The molecule has 0 saturated carbocycles. The molecule has 3 rings (SSSR count). The summed E-state index contributed by atoms with van der Waals surface area (Å²) in [5.74, 6) is 1.32. The van der Waals surface area contributed by atoms with Gasteiger partial charge in [0, 0.05) is 25.7 Å². The summed E-state index contributed by atoms with van der Waals surface area (Å²) < 4.78 is 7.02. The molecule has 1 aromatic heterocycles. The predicted molar refractivity (Wildman–Crippen MR) is 88.6 cm³/mol. The van der Waals surface area contributed by atoms with Crippen molar-refractivity contribution in [1.82, 2.24) is 15.1 Å². The number of aryl methyl sites for hydroxylation is 2. The molecule has 0 bridgehead atoms. The predicted octanol–water partition coefficient (Wildman–Crippen LogP) is 2.21. The van der Waals surface area contributed by atoms with E-state index in [2.05, 4.69) is 22.5 Å². The highest BCUT2D eigenvalue weighted by atomic mass is 16.5. The van der Waals surface area contributed by atoms with Crippen LogP contribution in [-0.4, -0.2) is 29.3 Å². The number of ether oxygens (including phenoxy) is 1. The molecule has 0 radical (unpaired) electrons. The molecule has 1 aliphatic rings. The second kappa shape index (κ2) is 6.86. The quantitative estimate of drug-likeness (QED) is 0.921. The summed E-state index contributed by atoms with van der Waals surface area (Å²) in [4.78, 5) is 12.1. The van der Waals surface area contributed by atoms with Crippen molar-refractivity contribution in [1.29, 1.82) is 0 Å². The minimum atomic E-state index is 0.0318. The van der Waals surface area contributed by atoms with E-state index < -0.39 is 0 Å². The molecule has 1 atom stereocenters. The summed E-state index contributed by atoms with van der Waals surface area (Å²) in [6.45, 7) is 0.686. The Balaban J connectivity index is 1.60. The summed E-state index contributed by atoms with van der Waals surface area (Å²) in [5.41, 5.74) is 3.49. The van der Waals surface area contributed by atoms with E-state index in [4.69, 9.17) is 4.74 Å². The minimum absolute atomic E-state index is 0.0318. The number of amides is 1. The lowest BCUT2D eigenvalue weighted by Crippen LogP contribution is -2.31. The Hall–Kier alpha value is -2.30. The average Bonchev–Trinajstić information content (AvgIpc) is 2.97. The molecule has 1 aromatic carbocycles. The summed E-state index contributed by atoms with van der Waals surface area (Å²) in [6, 6.07) is 8.15. The van der Waals surface area contributed by atoms with E-state index in [1.165, 1.54) is 11.1 Å². The van der Waals surface area contributed by atoms with Crippen molar-refractivity contribution in [3.63, 3.8) is 0 Å². The molecule has 0 saturated heterocycles. The Kier molecular flexibility index (Phi) is 4.65. The number of rotatable bonds is 5. The smallest absolute Gasteiger partial charge is 0.226 e. The third kappa shape index (κ3) is 3.73. The van der Waals surface area contributed by atoms with Crippen LogP contribution in [0.25, 0.3) is 0 Å². The molecule has 2 aromatic rings. The van der Waals surface area contributed by atoms with Crippen LogP contribution in [0.15, 0.2) is 30.5 Å². The lowest BCUT2D eigenvalue weighted by molar-refractivity contribution is -0.120. The largest absolute Gasteiger partial charge is 0.497 e. The van der Waals surface area contributed by atoms with E-state index in [9.17, 15) is 4.79 Å². The summed E-state index contributed by atoms with van der Waals surface area (Å²) in [7, 11) is 3.55. The number of nitrogens with one attached hydrogen (secondary N) is 1. The van der Waals surface area contributed by atoms with Crippen LogP contribution in [-0.2, 0) is 24.7 Å². The van der Waals surface area contributed by atoms with E-state index in [0.717, 1.165) is 30.7 Å². The van der Waals surface area contributed by atoms with Gasteiger partial charge in [0.1, 0.15) is 5.75 Å². The minimum Gasteiger partial charge on any atom is -0.497 e. The molecule has 0 spiro atoms. The SMILES string of the molecule is COc1ccc2c(c1)CCC[C@H]2CNC(=O)Cc1ccn(C)n1. The van der Waals surface area contributed by atoms with Crippen molar-refractivity contribution in [3.8, 4) is 5.75 Å². The van der Waals surface area contributed by atoms with Gasteiger partial charge < -0.3 is 10.1 Å². The Labute approximate surface area is 136 Å². The standard InChI is InChI=1S/C18H23N3O2/c1-21-9-8-15(20-21)11-18(22)19-12-14-5-3-4-13-10-16(23-2)6-7-17(13)14/h6-10,14H,3-5,11-12H2,1-2H3,(H,19,22)/t14-/m0/s1. The van der Waals surface area contributed by atoms with Gasteiger partial charge in [-0.1, -0.05) is 6.07 Å². The number of carbonyl (C=O) groups is 1. The highest BCUT2D eigenvalue weighted by molar-refractivity contribution is 5.78. The third-order valence-electron chi connectivity index (χ3n) is 4.44. The van der Waals surface area contributed by atoms with Gasteiger partial charge in [-0.3, -0.25) is 9.48 Å². The van der Waals surface area contributed by atoms with Gasteiger partial charge in [-0.05, 0) is 48.6 Å². The molecule has 1 heterocycles. The number of aromatic nitrogens is 2. The Morgan fingerprint density at radius 3 is 3.04 bits per heavy atom. The van der Waals surface area contributed by atoms with Crippen molar-refractivity contribution in [3.05, 3.63) is 47.3 Å². The van der Waals surface area contributed by atoms with Crippen LogP contribution < -0.4 is 10.1 Å². The number of hydrogen-bond donors (Lipinski definition) is 1. The van der Waals surface area contributed by atoms with Crippen molar-refractivity contribution < 1.29 is 9.53 Å². The normalized spacial score (nSPS) is 16.7. The topological polar surface area (TPSA) is 56.1 Å². The van der Waals surface area contributed by atoms with Gasteiger partial charge in [0.05, 0.1) is 19.2 Å². The van der Waals surface area contributed by atoms with Gasteiger partial charge in [0.25, 0.3) is 0 Å². The molecule has 1 N–H and O–H groups in total. The first-order valence-electron chi connectivity index (χ1n) is 8.07. The highest BCUT2D eigenvalue weighted by Crippen LogP contribution is 2.33. The first kappa shape index (κ1) is 15.6. The van der Waals surface area contributed by atoms with Gasteiger partial charge in [0.15, 0.2) is 0 Å². The highest BCUT2D eigenvalue weighted by Gasteiger charge is 2.21. The number of nitrogens with zero attached hydrogens (tertiary/aromatic N) is 2. The van der Waals surface area contributed by atoms with Crippen LogP contribution in [0, 0.1) is 0 Å². The van der Waals surface area contributed by atoms with E-state index in [1.54, 1.807) is 11.8 Å². The van der Waals surface area contributed by atoms with Gasteiger partial charge >= 0.3 is 0 Å². The van der Waals surface area contributed by atoms with E-state index in [0.29, 0.717) is 18.9 Å². The molecule has 23 heavy (non-hydrogen) atoms. The van der Waals surface area contributed by atoms with E-state index in [-0.39, 0.29) is 5.91 Å². The third-order valence-corrected chi connectivity index (χ3v) is 4.44. The van der Waals surface area contributed by atoms with Crippen molar-refractivity contribution in [2.24, 2.45) is 7.05 Å². The average molecular weight is 313 g/mol. The zero-order chi connectivity index (χ0) is 16.2. The molecule has 5 heteroatoms. The Morgan fingerprint density at radius 2 is 2.30 bits per heavy atom. The molecule has 0 aliphatic heterocycles. The summed E-state index contributed by atoms with van der Waals surface area (Å²) in [6.07, 6.45) is 5.55. The second-order valence-corrected chi connectivity index (χ2v) is 6.12. The van der Waals surface area contributed by atoms with E-state index in [1.807, 2.05) is 25.4 Å². The van der Waals surface area contributed by atoms with Crippen molar-refractivity contribution >= 4 is 5.91 Å². The maximum atomic E-state index is 12.1.